The van der Waals surface area contributed by atoms with Crippen LogP contribution < -0.4 is 34.7 Å². The summed E-state index contributed by atoms with van der Waals surface area (Å²) in [7, 11) is 0. The molecular weight excluding hydrogens is 175 g/mol. The molecule has 0 aliphatic heterocycles. The number of carboxylic acid groups (broad SMARTS) is 1. The number of carbonyl (C=O) groups excluding carboxylic acids is 1. The van der Waals surface area contributed by atoms with Crippen LogP contribution in [0, 0.1) is 0 Å². The average Bonchev–Trinajstić information content (AvgIpc) is 1.88. The van der Waals surface area contributed by atoms with Crippen molar-refractivity contribution in [3.8, 4) is 0 Å². The number of alkyl halides is 1. The molecule has 0 amide bonds. The molecule has 0 aliphatic rings. The van der Waals surface area contributed by atoms with Gasteiger partial charge in [0, 0.05) is 0 Å². The molecule has 0 heterocycles. The second-order valence-corrected chi connectivity index (χ2v) is 2.81. The van der Waals surface area contributed by atoms with Crippen molar-refractivity contribution in [2.24, 2.45) is 0 Å². The summed E-state index contributed by atoms with van der Waals surface area (Å²) >= 11 is 5.39. The average molecular weight is 187 g/mol. The summed E-state index contributed by atoms with van der Waals surface area (Å²) < 4.78 is 0. The zero-order valence-corrected chi connectivity index (χ0v) is 9.86. The zero-order valence-electron chi connectivity index (χ0n) is 7.10. The van der Waals surface area contributed by atoms with Crippen LogP contribution in [0.3, 0.4) is 0 Å². The standard InChI is InChI=1S/C7H13ClO2.Na/c1-2-3-4-5-6(8)7(9)10;/h6H,2-5H2,1H3,(H,9,10);/q;+1/p-1. The molecule has 0 rings (SSSR count). The molecule has 0 saturated heterocycles. The Hall–Kier alpha value is 0.760. The molecule has 0 aromatic carbocycles. The Morgan fingerprint density at radius 3 is 2.45 bits per heavy atom. The molecule has 4 heteroatoms. The van der Waals surface area contributed by atoms with E-state index in [1.54, 1.807) is 0 Å². The molecule has 1 unspecified atom stereocenters. The minimum atomic E-state index is -1.15. The van der Waals surface area contributed by atoms with Crippen molar-refractivity contribution >= 4 is 17.6 Å². The monoisotopic (exact) mass is 186 g/mol. The Kier molecular flexibility index (Phi) is 11.5. The Labute approximate surface area is 94.6 Å². The van der Waals surface area contributed by atoms with Crippen LogP contribution >= 0.6 is 11.6 Å². The predicted molar refractivity (Wildman–Crippen MR) is 38.8 cm³/mol. The summed E-state index contributed by atoms with van der Waals surface area (Å²) in [5, 5.41) is 9.25. The summed E-state index contributed by atoms with van der Waals surface area (Å²) in [6.07, 6.45) is 3.52. The fourth-order valence-electron chi connectivity index (χ4n) is 0.691. The quantitative estimate of drug-likeness (QED) is 0.281. The summed E-state index contributed by atoms with van der Waals surface area (Å²) in [5.41, 5.74) is 0. The molecule has 0 aromatic rings. The molecule has 60 valence electrons. The molecule has 0 bridgehead atoms. The van der Waals surface area contributed by atoms with Gasteiger partial charge in [0.1, 0.15) is 0 Å². The fraction of sp³-hybridized carbons (Fsp3) is 0.857. The van der Waals surface area contributed by atoms with E-state index in [4.69, 9.17) is 11.6 Å². The van der Waals surface area contributed by atoms with Crippen molar-refractivity contribution in [3.05, 3.63) is 0 Å². The van der Waals surface area contributed by atoms with Crippen LogP contribution in [0.4, 0.5) is 0 Å². The number of hydrogen-bond donors (Lipinski definition) is 0. The van der Waals surface area contributed by atoms with Gasteiger partial charge in [0.15, 0.2) is 0 Å². The van der Waals surface area contributed by atoms with Gasteiger partial charge in [-0.2, -0.15) is 0 Å². The van der Waals surface area contributed by atoms with Crippen molar-refractivity contribution in [1.29, 1.82) is 0 Å². The van der Waals surface area contributed by atoms with Crippen LogP contribution in [-0.4, -0.2) is 11.3 Å². The van der Waals surface area contributed by atoms with Crippen LogP contribution in [0.1, 0.15) is 32.6 Å². The maximum Gasteiger partial charge on any atom is 1.00 e. The van der Waals surface area contributed by atoms with E-state index < -0.39 is 11.3 Å². The van der Waals surface area contributed by atoms with E-state index in [2.05, 4.69) is 6.92 Å². The minimum Gasteiger partial charge on any atom is -0.549 e. The summed E-state index contributed by atoms with van der Waals surface area (Å²) in [6, 6.07) is 0. The number of carbonyl (C=O) groups is 1. The van der Waals surface area contributed by atoms with Crippen LogP contribution in [-0.2, 0) is 4.79 Å². The molecule has 0 aliphatic carbocycles. The van der Waals surface area contributed by atoms with E-state index in [1.807, 2.05) is 0 Å². The van der Waals surface area contributed by atoms with Gasteiger partial charge < -0.3 is 9.90 Å². The van der Waals surface area contributed by atoms with Gasteiger partial charge in [-0.15, -0.1) is 11.6 Å². The first-order chi connectivity index (χ1) is 4.68. The number of hydrogen-bond acceptors (Lipinski definition) is 2. The van der Waals surface area contributed by atoms with E-state index in [0.29, 0.717) is 6.42 Å². The Balaban J connectivity index is 0. The van der Waals surface area contributed by atoms with Crippen LogP contribution in [0.2, 0.25) is 0 Å². The van der Waals surface area contributed by atoms with Gasteiger partial charge in [-0.1, -0.05) is 26.2 Å². The fourth-order valence-corrected chi connectivity index (χ4v) is 0.846. The molecule has 0 saturated carbocycles. The Morgan fingerprint density at radius 2 is 2.09 bits per heavy atom. The number of carboxylic acids is 1. The van der Waals surface area contributed by atoms with E-state index in [9.17, 15) is 9.90 Å². The molecule has 2 nitrogen and oxygen atoms in total. The SMILES string of the molecule is CCCCCC(Cl)C(=O)[O-].[Na+]. The smallest absolute Gasteiger partial charge is 0.549 e. The summed E-state index contributed by atoms with van der Waals surface area (Å²) in [6.45, 7) is 2.06. The van der Waals surface area contributed by atoms with E-state index >= 15 is 0 Å². The van der Waals surface area contributed by atoms with Gasteiger partial charge in [0.25, 0.3) is 0 Å². The molecule has 0 fully saturated rings. The second-order valence-electron chi connectivity index (χ2n) is 2.28. The number of rotatable bonds is 5. The third-order valence-corrected chi connectivity index (χ3v) is 1.71. The third kappa shape index (κ3) is 8.67. The molecule has 11 heavy (non-hydrogen) atoms. The first kappa shape index (κ1) is 14.3. The first-order valence-corrected chi connectivity index (χ1v) is 3.97. The largest absolute Gasteiger partial charge is 1.00 e. The molecule has 0 N–H and O–H groups in total. The normalized spacial score (nSPS) is 11.8. The topological polar surface area (TPSA) is 40.1 Å². The van der Waals surface area contributed by atoms with Gasteiger partial charge >= 0.3 is 29.6 Å². The van der Waals surface area contributed by atoms with Crippen LogP contribution in [0.15, 0.2) is 0 Å². The van der Waals surface area contributed by atoms with Gasteiger partial charge in [0.2, 0.25) is 0 Å². The van der Waals surface area contributed by atoms with Gasteiger partial charge in [-0.25, -0.2) is 0 Å². The first-order valence-electron chi connectivity index (χ1n) is 3.53. The number of aliphatic carboxylic acids is 1. The summed E-state index contributed by atoms with van der Waals surface area (Å²) in [5.74, 6) is -1.15. The molecule has 0 spiro atoms. The molecule has 0 aromatic heterocycles. The van der Waals surface area contributed by atoms with Gasteiger partial charge in [0.05, 0.1) is 11.3 Å². The van der Waals surface area contributed by atoms with Crippen molar-refractivity contribution < 1.29 is 39.5 Å². The molecular formula is C7H12ClNaO2. The van der Waals surface area contributed by atoms with Crippen LogP contribution in [0.5, 0.6) is 0 Å². The van der Waals surface area contributed by atoms with Gasteiger partial charge in [-0.05, 0) is 6.42 Å². The zero-order chi connectivity index (χ0) is 7.98. The molecule has 1 atom stereocenters. The van der Waals surface area contributed by atoms with E-state index in [-0.39, 0.29) is 29.6 Å². The van der Waals surface area contributed by atoms with Crippen molar-refractivity contribution in [2.45, 2.75) is 38.0 Å². The summed E-state index contributed by atoms with van der Waals surface area (Å²) in [4.78, 5) is 10.1. The Morgan fingerprint density at radius 1 is 1.55 bits per heavy atom. The van der Waals surface area contributed by atoms with E-state index in [0.717, 1.165) is 19.3 Å². The number of halogens is 1. The van der Waals surface area contributed by atoms with Gasteiger partial charge in [-0.3, -0.25) is 0 Å². The predicted octanol–water partition coefficient (Wildman–Crippen LogP) is -2.07. The third-order valence-electron chi connectivity index (χ3n) is 1.32. The molecule has 0 radical (unpaired) electrons. The van der Waals surface area contributed by atoms with E-state index in [1.165, 1.54) is 0 Å². The maximum atomic E-state index is 10.1. The second kappa shape index (κ2) is 8.85. The maximum absolute atomic E-state index is 10.1. The number of unbranched alkanes of at least 4 members (excludes halogenated alkanes) is 2. The van der Waals surface area contributed by atoms with Crippen molar-refractivity contribution in [1.82, 2.24) is 0 Å². The van der Waals surface area contributed by atoms with Crippen LogP contribution in [0.25, 0.3) is 0 Å². The van der Waals surface area contributed by atoms with Crippen molar-refractivity contribution in [2.75, 3.05) is 0 Å². The Bertz CT molecular complexity index is 109. The van der Waals surface area contributed by atoms with Crippen molar-refractivity contribution in [3.63, 3.8) is 0 Å². The minimum absolute atomic E-state index is 0.